The molecule has 13 heavy (non-hydrogen) atoms. The quantitative estimate of drug-likeness (QED) is 0.713. The predicted molar refractivity (Wildman–Crippen MR) is 50.9 cm³/mol. The van der Waals surface area contributed by atoms with E-state index in [1.54, 1.807) is 7.11 Å². The van der Waals surface area contributed by atoms with Crippen molar-refractivity contribution in [1.29, 1.82) is 0 Å². The number of aliphatic hydroxyl groups is 1. The van der Waals surface area contributed by atoms with Crippen LogP contribution in [0.15, 0.2) is 18.2 Å². The Morgan fingerprint density at radius 1 is 1.46 bits per heavy atom. The van der Waals surface area contributed by atoms with Crippen molar-refractivity contribution in [1.82, 2.24) is 0 Å². The monoisotopic (exact) mass is 178 g/mol. The minimum Gasteiger partial charge on any atom is -0.496 e. The van der Waals surface area contributed by atoms with Crippen LogP contribution in [-0.4, -0.2) is 12.2 Å². The highest BCUT2D eigenvalue weighted by molar-refractivity contribution is 5.42. The summed E-state index contributed by atoms with van der Waals surface area (Å²) in [6.45, 7) is 0. The molecule has 1 atom stereocenters. The zero-order valence-corrected chi connectivity index (χ0v) is 7.79. The number of benzene rings is 1. The standard InChI is InChI=1S/C11H14O2/c1-13-11-7-3-4-8-9(11)5-2-6-10(8)12/h3-4,7,10,12H,2,5-6H2,1H3/t10-/m1/s1. The molecular weight excluding hydrogens is 164 g/mol. The van der Waals surface area contributed by atoms with Gasteiger partial charge in [0.15, 0.2) is 0 Å². The molecule has 1 N–H and O–H groups in total. The van der Waals surface area contributed by atoms with Crippen molar-refractivity contribution >= 4 is 0 Å². The summed E-state index contributed by atoms with van der Waals surface area (Å²) in [7, 11) is 1.68. The predicted octanol–water partition coefficient (Wildman–Crippen LogP) is 2.06. The highest BCUT2D eigenvalue weighted by Crippen LogP contribution is 2.34. The van der Waals surface area contributed by atoms with Gasteiger partial charge in [-0.05, 0) is 36.5 Å². The number of ether oxygens (including phenoxy) is 1. The number of methoxy groups -OCH3 is 1. The van der Waals surface area contributed by atoms with Gasteiger partial charge in [-0.15, -0.1) is 0 Å². The first-order chi connectivity index (χ1) is 6.33. The smallest absolute Gasteiger partial charge is 0.122 e. The van der Waals surface area contributed by atoms with Gasteiger partial charge >= 0.3 is 0 Å². The lowest BCUT2D eigenvalue weighted by Crippen LogP contribution is -2.10. The maximum absolute atomic E-state index is 9.73. The van der Waals surface area contributed by atoms with E-state index in [9.17, 15) is 5.11 Å². The molecule has 0 fully saturated rings. The van der Waals surface area contributed by atoms with Crippen molar-refractivity contribution < 1.29 is 9.84 Å². The third-order valence-corrected chi connectivity index (χ3v) is 2.65. The molecule has 1 aliphatic carbocycles. The molecule has 0 aromatic heterocycles. The Morgan fingerprint density at radius 2 is 2.31 bits per heavy atom. The average Bonchev–Trinajstić information content (AvgIpc) is 2.18. The molecule has 0 radical (unpaired) electrons. The number of aliphatic hydroxyl groups excluding tert-OH is 1. The Morgan fingerprint density at radius 3 is 3.08 bits per heavy atom. The van der Waals surface area contributed by atoms with Gasteiger partial charge in [0.05, 0.1) is 13.2 Å². The summed E-state index contributed by atoms with van der Waals surface area (Å²) in [6, 6.07) is 5.88. The number of rotatable bonds is 1. The normalized spacial score (nSPS) is 20.9. The molecule has 0 saturated carbocycles. The second-order valence-corrected chi connectivity index (χ2v) is 3.44. The Labute approximate surface area is 78.2 Å². The molecule has 0 aliphatic heterocycles. The van der Waals surface area contributed by atoms with Crippen LogP contribution in [0, 0.1) is 0 Å². The van der Waals surface area contributed by atoms with E-state index in [-0.39, 0.29) is 6.10 Å². The average molecular weight is 178 g/mol. The molecule has 1 aromatic carbocycles. The summed E-state index contributed by atoms with van der Waals surface area (Å²) in [4.78, 5) is 0. The van der Waals surface area contributed by atoms with Crippen LogP contribution >= 0.6 is 0 Å². The van der Waals surface area contributed by atoms with Gasteiger partial charge in [0, 0.05) is 0 Å². The summed E-state index contributed by atoms with van der Waals surface area (Å²) in [6.07, 6.45) is 2.66. The highest BCUT2D eigenvalue weighted by Gasteiger charge is 2.20. The van der Waals surface area contributed by atoms with Gasteiger partial charge in [0.25, 0.3) is 0 Å². The van der Waals surface area contributed by atoms with Crippen LogP contribution in [0.3, 0.4) is 0 Å². The lowest BCUT2D eigenvalue weighted by atomic mass is 9.89. The van der Waals surface area contributed by atoms with Crippen molar-refractivity contribution in [2.75, 3.05) is 7.11 Å². The summed E-state index contributed by atoms with van der Waals surface area (Å²) in [5, 5.41) is 9.73. The molecule has 2 heteroatoms. The van der Waals surface area contributed by atoms with Gasteiger partial charge in [-0.3, -0.25) is 0 Å². The van der Waals surface area contributed by atoms with Crippen LogP contribution < -0.4 is 4.74 Å². The van der Waals surface area contributed by atoms with Crippen molar-refractivity contribution in [2.24, 2.45) is 0 Å². The van der Waals surface area contributed by atoms with Crippen LogP contribution in [0.25, 0.3) is 0 Å². The lowest BCUT2D eigenvalue weighted by molar-refractivity contribution is 0.155. The van der Waals surface area contributed by atoms with Crippen molar-refractivity contribution in [3.8, 4) is 5.75 Å². The van der Waals surface area contributed by atoms with Crippen molar-refractivity contribution in [2.45, 2.75) is 25.4 Å². The van der Waals surface area contributed by atoms with Crippen LogP contribution in [0.4, 0.5) is 0 Å². The van der Waals surface area contributed by atoms with Gasteiger partial charge in [-0.25, -0.2) is 0 Å². The van der Waals surface area contributed by atoms with E-state index in [0.29, 0.717) is 0 Å². The molecule has 0 amide bonds. The lowest BCUT2D eigenvalue weighted by Gasteiger charge is -2.22. The highest BCUT2D eigenvalue weighted by atomic mass is 16.5. The van der Waals surface area contributed by atoms with E-state index in [1.165, 1.54) is 5.56 Å². The van der Waals surface area contributed by atoms with E-state index >= 15 is 0 Å². The van der Waals surface area contributed by atoms with E-state index in [4.69, 9.17) is 4.74 Å². The fourth-order valence-electron chi connectivity index (χ4n) is 1.98. The second kappa shape index (κ2) is 3.38. The van der Waals surface area contributed by atoms with Gasteiger partial charge in [0.2, 0.25) is 0 Å². The number of hydrogen-bond acceptors (Lipinski definition) is 2. The molecule has 0 unspecified atom stereocenters. The molecule has 0 spiro atoms. The first-order valence-electron chi connectivity index (χ1n) is 4.67. The summed E-state index contributed by atoms with van der Waals surface area (Å²) in [5.41, 5.74) is 2.23. The second-order valence-electron chi connectivity index (χ2n) is 3.44. The van der Waals surface area contributed by atoms with Gasteiger partial charge in [-0.2, -0.15) is 0 Å². The Balaban J connectivity index is 2.48. The number of fused-ring (bicyclic) bond motifs is 1. The maximum Gasteiger partial charge on any atom is 0.122 e. The summed E-state index contributed by atoms with van der Waals surface area (Å²) >= 11 is 0. The van der Waals surface area contributed by atoms with Crippen molar-refractivity contribution in [3.05, 3.63) is 29.3 Å². The molecule has 0 saturated heterocycles. The van der Waals surface area contributed by atoms with E-state index in [1.807, 2.05) is 18.2 Å². The summed E-state index contributed by atoms with van der Waals surface area (Å²) < 4.78 is 5.25. The van der Waals surface area contributed by atoms with Crippen molar-refractivity contribution in [3.63, 3.8) is 0 Å². The minimum absolute atomic E-state index is 0.293. The summed E-state index contributed by atoms with van der Waals surface area (Å²) in [5.74, 6) is 0.913. The largest absolute Gasteiger partial charge is 0.496 e. The third kappa shape index (κ3) is 1.42. The van der Waals surface area contributed by atoms with Gasteiger partial charge in [-0.1, -0.05) is 12.1 Å². The van der Waals surface area contributed by atoms with E-state index < -0.39 is 0 Å². The number of hydrogen-bond donors (Lipinski definition) is 1. The molecule has 1 aliphatic rings. The van der Waals surface area contributed by atoms with Crippen LogP contribution in [-0.2, 0) is 6.42 Å². The molecule has 1 aromatic rings. The fourth-order valence-corrected chi connectivity index (χ4v) is 1.98. The Kier molecular flexibility index (Phi) is 2.23. The maximum atomic E-state index is 9.73. The van der Waals surface area contributed by atoms with Crippen LogP contribution in [0.2, 0.25) is 0 Å². The molecule has 70 valence electrons. The van der Waals surface area contributed by atoms with E-state index in [2.05, 4.69) is 0 Å². The molecule has 2 rings (SSSR count). The van der Waals surface area contributed by atoms with Crippen LogP contribution in [0.5, 0.6) is 5.75 Å². The first kappa shape index (κ1) is 8.57. The van der Waals surface area contributed by atoms with Crippen LogP contribution in [0.1, 0.15) is 30.1 Å². The van der Waals surface area contributed by atoms with Gasteiger partial charge < -0.3 is 9.84 Å². The van der Waals surface area contributed by atoms with Gasteiger partial charge in [0.1, 0.15) is 5.75 Å². The zero-order chi connectivity index (χ0) is 9.26. The fraction of sp³-hybridized carbons (Fsp3) is 0.455. The molecule has 0 bridgehead atoms. The Hall–Kier alpha value is -1.02. The Bertz CT molecular complexity index is 307. The first-order valence-corrected chi connectivity index (χ1v) is 4.67. The minimum atomic E-state index is -0.293. The molecule has 0 heterocycles. The van der Waals surface area contributed by atoms with E-state index in [0.717, 1.165) is 30.6 Å². The zero-order valence-electron chi connectivity index (χ0n) is 7.79. The molecular formula is C11H14O2. The topological polar surface area (TPSA) is 29.5 Å². The molecule has 2 nitrogen and oxygen atoms in total. The third-order valence-electron chi connectivity index (χ3n) is 2.65. The SMILES string of the molecule is COc1cccc2c1CCC[C@H]2O.